The molecule has 0 aliphatic carbocycles. The van der Waals surface area contributed by atoms with Gasteiger partial charge in [-0.05, 0) is 43.1 Å². The van der Waals surface area contributed by atoms with E-state index in [0.717, 1.165) is 24.4 Å². The molecule has 1 N–H and O–H groups in total. The van der Waals surface area contributed by atoms with Crippen LogP contribution in [0.15, 0.2) is 42.7 Å². The molecule has 1 unspecified atom stereocenters. The van der Waals surface area contributed by atoms with Crippen molar-refractivity contribution in [1.29, 1.82) is 0 Å². The third-order valence-electron chi connectivity index (χ3n) is 2.87. The van der Waals surface area contributed by atoms with Crippen LogP contribution in [0.2, 0.25) is 0 Å². The molecule has 1 heterocycles. The summed E-state index contributed by atoms with van der Waals surface area (Å²) in [5.41, 5.74) is 0.945. The molecule has 0 saturated carbocycles. The average molecular weight is 259 g/mol. The lowest BCUT2D eigenvalue weighted by molar-refractivity contribution is 0.503. The lowest BCUT2D eigenvalue weighted by Gasteiger charge is -2.17. The highest BCUT2D eigenvalue weighted by Crippen LogP contribution is 2.15. The number of benzene rings is 1. The van der Waals surface area contributed by atoms with E-state index in [1.165, 1.54) is 6.07 Å². The summed E-state index contributed by atoms with van der Waals surface area (Å²) in [7, 11) is 0. The Balaban J connectivity index is 2.14. The van der Waals surface area contributed by atoms with Crippen molar-refractivity contribution in [3.05, 3.63) is 59.9 Å². The topological polar surface area (TPSA) is 37.8 Å². The Morgan fingerprint density at radius 2 is 2.00 bits per heavy atom. The second kappa shape index (κ2) is 6.95. The molecule has 19 heavy (non-hydrogen) atoms. The van der Waals surface area contributed by atoms with E-state index in [4.69, 9.17) is 0 Å². The molecule has 0 radical (unpaired) electrons. The van der Waals surface area contributed by atoms with Crippen molar-refractivity contribution in [3.63, 3.8) is 0 Å². The first-order chi connectivity index (χ1) is 9.29. The molecule has 0 spiro atoms. The van der Waals surface area contributed by atoms with Gasteiger partial charge in [-0.25, -0.2) is 14.4 Å². The average Bonchev–Trinajstić information content (AvgIpc) is 2.44. The third-order valence-corrected chi connectivity index (χ3v) is 2.87. The van der Waals surface area contributed by atoms with Gasteiger partial charge in [0.2, 0.25) is 0 Å². The summed E-state index contributed by atoms with van der Waals surface area (Å²) in [6, 6.07) is 8.48. The molecule has 0 amide bonds. The fraction of sp³-hybridized carbons (Fsp3) is 0.333. The standard InChI is InChI=1S/C15H18FN3/c1-2-7-17-14(15-18-8-4-9-19-15)11-12-5-3-6-13(16)10-12/h3-6,8-10,14,17H,2,7,11H2,1H3. The Hall–Kier alpha value is -1.81. The molecular weight excluding hydrogens is 241 g/mol. The molecule has 100 valence electrons. The van der Waals surface area contributed by atoms with Crippen molar-refractivity contribution in [3.8, 4) is 0 Å². The molecule has 0 aliphatic rings. The number of nitrogens with one attached hydrogen (secondary N) is 1. The Labute approximate surface area is 112 Å². The van der Waals surface area contributed by atoms with Crippen LogP contribution in [0.25, 0.3) is 0 Å². The highest BCUT2D eigenvalue weighted by molar-refractivity contribution is 5.18. The van der Waals surface area contributed by atoms with Crippen LogP contribution in [-0.2, 0) is 6.42 Å². The summed E-state index contributed by atoms with van der Waals surface area (Å²) in [4.78, 5) is 8.57. The second-order valence-corrected chi connectivity index (χ2v) is 4.45. The first kappa shape index (κ1) is 13.6. The van der Waals surface area contributed by atoms with E-state index < -0.39 is 0 Å². The summed E-state index contributed by atoms with van der Waals surface area (Å²) < 4.78 is 13.2. The Morgan fingerprint density at radius 3 is 2.68 bits per heavy atom. The monoisotopic (exact) mass is 259 g/mol. The maximum Gasteiger partial charge on any atom is 0.145 e. The van der Waals surface area contributed by atoms with Crippen LogP contribution < -0.4 is 5.32 Å². The minimum atomic E-state index is -0.208. The van der Waals surface area contributed by atoms with Crippen LogP contribution in [0, 0.1) is 5.82 Å². The van der Waals surface area contributed by atoms with Crippen LogP contribution in [0.4, 0.5) is 4.39 Å². The molecule has 0 bridgehead atoms. The zero-order valence-corrected chi connectivity index (χ0v) is 11.0. The molecule has 1 aromatic carbocycles. The molecule has 2 rings (SSSR count). The summed E-state index contributed by atoms with van der Waals surface area (Å²) in [6.07, 6.45) is 5.18. The minimum Gasteiger partial charge on any atom is -0.307 e. The maximum atomic E-state index is 13.2. The number of nitrogens with zero attached hydrogens (tertiary/aromatic N) is 2. The van der Waals surface area contributed by atoms with Gasteiger partial charge < -0.3 is 5.32 Å². The zero-order chi connectivity index (χ0) is 13.5. The molecule has 1 atom stereocenters. The minimum absolute atomic E-state index is 0.0166. The predicted molar refractivity (Wildman–Crippen MR) is 73.2 cm³/mol. The van der Waals surface area contributed by atoms with E-state index >= 15 is 0 Å². The van der Waals surface area contributed by atoms with Gasteiger partial charge in [0.15, 0.2) is 0 Å². The molecule has 0 fully saturated rings. The van der Waals surface area contributed by atoms with Gasteiger partial charge in [-0.15, -0.1) is 0 Å². The number of aromatic nitrogens is 2. The molecule has 0 aliphatic heterocycles. The van der Waals surface area contributed by atoms with E-state index in [9.17, 15) is 4.39 Å². The first-order valence-electron chi connectivity index (χ1n) is 6.54. The first-order valence-corrected chi connectivity index (χ1v) is 6.54. The molecule has 3 nitrogen and oxygen atoms in total. The molecule has 0 saturated heterocycles. The number of rotatable bonds is 6. The fourth-order valence-corrected chi connectivity index (χ4v) is 1.96. The van der Waals surface area contributed by atoms with Gasteiger partial charge in [0, 0.05) is 12.4 Å². The van der Waals surface area contributed by atoms with Gasteiger partial charge >= 0.3 is 0 Å². The van der Waals surface area contributed by atoms with Gasteiger partial charge in [0.1, 0.15) is 11.6 Å². The zero-order valence-electron chi connectivity index (χ0n) is 11.0. The van der Waals surface area contributed by atoms with E-state index in [-0.39, 0.29) is 11.9 Å². The second-order valence-electron chi connectivity index (χ2n) is 4.45. The van der Waals surface area contributed by atoms with Crippen LogP contribution in [-0.4, -0.2) is 16.5 Å². The Kier molecular flexibility index (Phi) is 4.98. The van der Waals surface area contributed by atoms with E-state index in [1.54, 1.807) is 30.6 Å². The molecule has 2 aromatic rings. The maximum absolute atomic E-state index is 13.2. The smallest absolute Gasteiger partial charge is 0.145 e. The lowest BCUT2D eigenvalue weighted by Crippen LogP contribution is -2.25. The Morgan fingerprint density at radius 1 is 1.21 bits per heavy atom. The van der Waals surface area contributed by atoms with Crippen molar-refractivity contribution < 1.29 is 4.39 Å². The predicted octanol–water partition coefficient (Wildman–Crippen LogP) is 2.90. The van der Waals surface area contributed by atoms with Crippen molar-refractivity contribution in [2.45, 2.75) is 25.8 Å². The van der Waals surface area contributed by atoms with Crippen LogP contribution in [0.5, 0.6) is 0 Å². The van der Waals surface area contributed by atoms with E-state index in [0.29, 0.717) is 6.42 Å². The van der Waals surface area contributed by atoms with Gasteiger partial charge in [-0.3, -0.25) is 0 Å². The molecule has 1 aromatic heterocycles. The largest absolute Gasteiger partial charge is 0.307 e. The summed E-state index contributed by atoms with van der Waals surface area (Å²) in [5, 5.41) is 3.41. The van der Waals surface area contributed by atoms with Crippen molar-refractivity contribution in [1.82, 2.24) is 15.3 Å². The van der Waals surface area contributed by atoms with Crippen LogP contribution in [0.3, 0.4) is 0 Å². The molecular formula is C15H18FN3. The van der Waals surface area contributed by atoms with Gasteiger partial charge in [0.05, 0.1) is 6.04 Å². The van der Waals surface area contributed by atoms with Crippen LogP contribution in [0.1, 0.15) is 30.8 Å². The Bertz CT molecular complexity index is 502. The molecule has 4 heteroatoms. The van der Waals surface area contributed by atoms with Gasteiger partial charge in [-0.2, -0.15) is 0 Å². The summed E-state index contributed by atoms with van der Waals surface area (Å²) in [6.45, 7) is 3.00. The number of halogens is 1. The van der Waals surface area contributed by atoms with Crippen molar-refractivity contribution >= 4 is 0 Å². The SMILES string of the molecule is CCCNC(Cc1cccc(F)c1)c1ncccn1. The van der Waals surface area contributed by atoms with Crippen molar-refractivity contribution in [2.24, 2.45) is 0 Å². The van der Waals surface area contributed by atoms with E-state index in [2.05, 4.69) is 22.2 Å². The fourth-order valence-electron chi connectivity index (χ4n) is 1.96. The van der Waals surface area contributed by atoms with Crippen molar-refractivity contribution in [2.75, 3.05) is 6.54 Å². The quantitative estimate of drug-likeness (QED) is 0.866. The van der Waals surface area contributed by atoms with E-state index in [1.807, 2.05) is 6.07 Å². The summed E-state index contributed by atoms with van der Waals surface area (Å²) in [5.74, 6) is 0.543. The van der Waals surface area contributed by atoms with Crippen LogP contribution >= 0.6 is 0 Å². The summed E-state index contributed by atoms with van der Waals surface area (Å²) >= 11 is 0. The van der Waals surface area contributed by atoms with Gasteiger partial charge in [0.25, 0.3) is 0 Å². The number of hydrogen-bond donors (Lipinski definition) is 1. The third kappa shape index (κ3) is 4.10. The lowest BCUT2D eigenvalue weighted by atomic mass is 10.0. The number of hydrogen-bond acceptors (Lipinski definition) is 3. The highest BCUT2D eigenvalue weighted by atomic mass is 19.1. The van der Waals surface area contributed by atoms with Gasteiger partial charge in [-0.1, -0.05) is 19.1 Å². The normalized spacial score (nSPS) is 12.3. The highest BCUT2D eigenvalue weighted by Gasteiger charge is 2.14.